The van der Waals surface area contributed by atoms with E-state index in [9.17, 15) is 4.79 Å². The highest BCUT2D eigenvalue weighted by Gasteiger charge is 2.00. The lowest BCUT2D eigenvalue weighted by Gasteiger charge is -1.98. The van der Waals surface area contributed by atoms with Crippen LogP contribution in [0, 0.1) is 11.8 Å². The lowest BCUT2D eigenvalue weighted by Crippen LogP contribution is -1.94. The van der Waals surface area contributed by atoms with Gasteiger partial charge in [-0.25, -0.2) is 0 Å². The zero-order chi connectivity index (χ0) is 14.9. The second-order valence-electron chi connectivity index (χ2n) is 4.50. The van der Waals surface area contributed by atoms with Crippen molar-refractivity contribution in [3.8, 4) is 11.8 Å². The van der Waals surface area contributed by atoms with Gasteiger partial charge in [0.25, 0.3) is 0 Å². The lowest BCUT2D eigenvalue weighted by molar-refractivity contribution is 0.105. The molecule has 0 heterocycles. The van der Waals surface area contributed by atoms with Crippen LogP contribution < -0.4 is 0 Å². The van der Waals surface area contributed by atoms with Gasteiger partial charge < -0.3 is 5.11 Å². The lowest BCUT2D eigenvalue weighted by atomic mass is 10.1. The van der Waals surface area contributed by atoms with Gasteiger partial charge in [0.15, 0.2) is 0 Å². The molecule has 0 radical (unpaired) electrons. The average Bonchev–Trinajstić information content (AvgIpc) is 2.54. The maximum Gasteiger partial charge on any atom is 0.236 e. The smallest absolute Gasteiger partial charge is 0.236 e. The molecule has 2 heteroatoms. The number of aliphatic hydroxyl groups is 1. The van der Waals surface area contributed by atoms with Crippen molar-refractivity contribution < 1.29 is 9.90 Å². The van der Waals surface area contributed by atoms with E-state index in [1.807, 2.05) is 54.6 Å². The topological polar surface area (TPSA) is 37.3 Å². The highest BCUT2D eigenvalue weighted by atomic mass is 16.2. The van der Waals surface area contributed by atoms with Crippen molar-refractivity contribution in [1.29, 1.82) is 0 Å². The van der Waals surface area contributed by atoms with Crippen LogP contribution in [-0.4, -0.2) is 17.5 Å². The Hall–Kier alpha value is -2.63. The van der Waals surface area contributed by atoms with Crippen LogP contribution >= 0.6 is 0 Å². The Morgan fingerprint density at radius 1 is 0.952 bits per heavy atom. The molecule has 0 atom stereocenters. The van der Waals surface area contributed by atoms with E-state index in [2.05, 4.69) is 11.8 Å². The molecule has 0 saturated heterocycles. The first-order valence-electron chi connectivity index (χ1n) is 6.77. The van der Waals surface area contributed by atoms with Crippen LogP contribution in [0.3, 0.4) is 0 Å². The predicted octanol–water partition coefficient (Wildman–Crippen LogP) is 3.34. The zero-order valence-corrected chi connectivity index (χ0v) is 11.6. The SMILES string of the molecule is O=C(C#C/C(=C\c1ccccc1)CCO)c1ccccc1. The highest BCUT2D eigenvalue weighted by molar-refractivity contribution is 6.09. The Morgan fingerprint density at radius 2 is 1.57 bits per heavy atom. The molecule has 0 amide bonds. The van der Waals surface area contributed by atoms with Gasteiger partial charge >= 0.3 is 0 Å². The summed E-state index contributed by atoms with van der Waals surface area (Å²) in [5.74, 6) is 5.29. The Bertz CT molecular complexity index is 674. The van der Waals surface area contributed by atoms with Crippen molar-refractivity contribution in [2.75, 3.05) is 6.61 Å². The monoisotopic (exact) mass is 276 g/mol. The van der Waals surface area contributed by atoms with Crippen molar-refractivity contribution >= 4 is 11.9 Å². The summed E-state index contributed by atoms with van der Waals surface area (Å²) in [4.78, 5) is 11.9. The maximum atomic E-state index is 11.9. The highest BCUT2D eigenvalue weighted by Crippen LogP contribution is 2.09. The number of ketones is 1. The standard InChI is InChI=1S/C19H16O2/c20-14-13-17(15-16-7-3-1-4-8-16)11-12-19(21)18-9-5-2-6-10-18/h1-10,15,20H,13-14H2/b17-15+. The predicted molar refractivity (Wildman–Crippen MR) is 84.7 cm³/mol. The fourth-order valence-corrected chi connectivity index (χ4v) is 1.84. The molecule has 0 aliphatic heterocycles. The van der Waals surface area contributed by atoms with Crippen LogP contribution in [0.25, 0.3) is 6.08 Å². The van der Waals surface area contributed by atoms with Crippen LogP contribution in [0.5, 0.6) is 0 Å². The van der Waals surface area contributed by atoms with Gasteiger partial charge in [-0.1, -0.05) is 66.6 Å². The number of hydrogen-bond acceptors (Lipinski definition) is 2. The minimum Gasteiger partial charge on any atom is -0.396 e. The minimum absolute atomic E-state index is 0.00682. The van der Waals surface area contributed by atoms with E-state index in [4.69, 9.17) is 5.11 Å². The molecule has 2 rings (SSSR count). The Labute approximate surface area is 124 Å². The Morgan fingerprint density at radius 3 is 2.19 bits per heavy atom. The van der Waals surface area contributed by atoms with Crippen molar-refractivity contribution in [2.24, 2.45) is 0 Å². The molecule has 0 aromatic heterocycles. The summed E-state index contributed by atoms with van der Waals surface area (Å²) in [6.07, 6.45) is 2.32. The molecule has 0 aliphatic rings. The molecular formula is C19H16O2. The fourth-order valence-electron chi connectivity index (χ4n) is 1.84. The van der Waals surface area contributed by atoms with Gasteiger partial charge in [-0.2, -0.15) is 0 Å². The summed E-state index contributed by atoms with van der Waals surface area (Å²) in [5.41, 5.74) is 2.32. The van der Waals surface area contributed by atoms with Crippen molar-refractivity contribution in [3.63, 3.8) is 0 Å². The van der Waals surface area contributed by atoms with E-state index in [1.54, 1.807) is 12.1 Å². The minimum atomic E-state index is -0.215. The van der Waals surface area contributed by atoms with E-state index in [-0.39, 0.29) is 12.4 Å². The summed E-state index contributed by atoms with van der Waals surface area (Å²) < 4.78 is 0. The summed E-state index contributed by atoms with van der Waals surface area (Å²) in [6, 6.07) is 18.7. The quantitative estimate of drug-likeness (QED) is 0.528. The van der Waals surface area contributed by atoms with Gasteiger partial charge in [0.2, 0.25) is 5.78 Å². The van der Waals surface area contributed by atoms with E-state index in [0.29, 0.717) is 12.0 Å². The van der Waals surface area contributed by atoms with Crippen molar-refractivity contribution in [1.82, 2.24) is 0 Å². The average molecular weight is 276 g/mol. The van der Waals surface area contributed by atoms with Crippen LogP contribution in [0.1, 0.15) is 22.3 Å². The number of carbonyl (C=O) groups is 1. The molecule has 104 valence electrons. The summed E-state index contributed by atoms with van der Waals surface area (Å²) >= 11 is 0. The molecule has 0 spiro atoms. The van der Waals surface area contributed by atoms with E-state index in [0.717, 1.165) is 11.1 Å². The van der Waals surface area contributed by atoms with E-state index >= 15 is 0 Å². The molecule has 0 bridgehead atoms. The summed E-state index contributed by atoms with van der Waals surface area (Å²) in [5, 5.41) is 9.10. The third kappa shape index (κ3) is 4.76. The first-order chi connectivity index (χ1) is 10.3. The van der Waals surface area contributed by atoms with Gasteiger partial charge in [-0.3, -0.25) is 4.79 Å². The van der Waals surface area contributed by atoms with Gasteiger partial charge in [0, 0.05) is 24.2 Å². The van der Waals surface area contributed by atoms with Crippen LogP contribution in [0.4, 0.5) is 0 Å². The van der Waals surface area contributed by atoms with E-state index in [1.165, 1.54) is 0 Å². The molecule has 1 N–H and O–H groups in total. The number of hydrogen-bond donors (Lipinski definition) is 1. The molecule has 2 nitrogen and oxygen atoms in total. The largest absolute Gasteiger partial charge is 0.396 e. The first-order valence-corrected chi connectivity index (χ1v) is 6.77. The molecular weight excluding hydrogens is 260 g/mol. The van der Waals surface area contributed by atoms with Gasteiger partial charge in [0.05, 0.1) is 0 Å². The Balaban J connectivity index is 2.20. The van der Waals surface area contributed by atoms with Gasteiger partial charge in [0.1, 0.15) is 0 Å². The second-order valence-corrected chi connectivity index (χ2v) is 4.50. The van der Waals surface area contributed by atoms with Crippen molar-refractivity contribution in [3.05, 3.63) is 77.4 Å². The molecule has 0 fully saturated rings. The Kier molecular flexibility index (Phi) is 5.51. The number of benzene rings is 2. The summed E-state index contributed by atoms with van der Waals surface area (Å²) in [7, 11) is 0. The third-order valence-corrected chi connectivity index (χ3v) is 2.89. The van der Waals surface area contributed by atoms with Crippen LogP contribution in [0.15, 0.2) is 66.2 Å². The zero-order valence-electron chi connectivity index (χ0n) is 11.6. The normalized spacial score (nSPS) is 10.6. The van der Waals surface area contributed by atoms with Gasteiger partial charge in [-0.15, -0.1) is 0 Å². The molecule has 2 aromatic carbocycles. The number of Topliss-reactive ketones (excluding diaryl/α,β-unsaturated/α-hetero) is 1. The van der Waals surface area contributed by atoms with Crippen LogP contribution in [0.2, 0.25) is 0 Å². The van der Waals surface area contributed by atoms with E-state index < -0.39 is 0 Å². The molecule has 0 unspecified atom stereocenters. The second kappa shape index (κ2) is 7.84. The number of rotatable bonds is 4. The summed E-state index contributed by atoms with van der Waals surface area (Å²) in [6.45, 7) is 0.00682. The first kappa shape index (κ1) is 14.8. The molecule has 0 saturated carbocycles. The molecule has 0 aliphatic carbocycles. The molecule has 2 aromatic rings. The number of aliphatic hydroxyl groups excluding tert-OH is 1. The van der Waals surface area contributed by atoms with Gasteiger partial charge in [-0.05, 0) is 17.6 Å². The third-order valence-electron chi connectivity index (χ3n) is 2.89. The number of carbonyl (C=O) groups excluding carboxylic acids is 1. The van der Waals surface area contributed by atoms with Crippen molar-refractivity contribution in [2.45, 2.75) is 6.42 Å². The fraction of sp³-hybridized carbons (Fsp3) is 0.105. The maximum absolute atomic E-state index is 11.9. The molecule has 21 heavy (non-hydrogen) atoms. The van der Waals surface area contributed by atoms with Crippen LogP contribution in [-0.2, 0) is 0 Å².